The molecule has 0 bridgehead atoms. The van der Waals surface area contributed by atoms with Crippen molar-refractivity contribution >= 4 is 5.97 Å². The van der Waals surface area contributed by atoms with E-state index in [1.54, 1.807) is 6.08 Å². The van der Waals surface area contributed by atoms with Gasteiger partial charge in [0, 0.05) is 0 Å². The Bertz CT molecular complexity index is 203. The minimum absolute atomic E-state index is 0.0958. The Morgan fingerprint density at radius 1 is 1.47 bits per heavy atom. The largest absolute Gasteiger partial charge is 0.461 e. The van der Waals surface area contributed by atoms with Crippen LogP contribution in [0.15, 0.2) is 12.7 Å². The molecule has 0 rings (SSSR count). The first kappa shape index (κ1) is 14.2. The van der Waals surface area contributed by atoms with Gasteiger partial charge in [-0.25, -0.2) is 0 Å². The second-order valence-corrected chi connectivity index (χ2v) is 4.86. The lowest BCUT2D eigenvalue weighted by molar-refractivity contribution is -0.145. The van der Waals surface area contributed by atoms with Gasteiger partial charge in [0.05, 0.1) is 19.1 Å². The highest BCUT2D eigenvalue weighted by Crippen LogP contribution is 2.14. The summed E-state index contributed by atoms with van der Waals surface area (Å²) in [5.74, 6) is -0.240. The van der Waals surface area contributed by atoms with Crippen LogP contribution >= 0.6 is 0 Å². The van der Waals surface area contributed by atoms with Crippen LogP contribution in [-0.4, -0.2) is 25.3 Å². The van der Waals surface area contributed by atoms with Crippen molar-refractivity contribution in [2.45, 2.75) is 40.2 Å². The molecule has 0 aliphatic heterocycles. The van der Waals surface area contributed by atoms with E-state index in [2.05, 4.69) is 27.4 Å². The third-order valence-electron chi connectivity index (χ3n) is 1.62. The summed E-state index contributed by atoms with van der Waals surface area (Å²) in [5.41, 5.74) is 0.124. The van der Waals surface area contributed by atoms with Gasteiger partial charge in [0.1, 0.15) is 6.61 Å². The van der Waals surface area contributed by atoms with Crippen LogP contribution in [0.1, 0.15) is 34.1 Å². The van der Waals surface area contributed by atoms with Crippen molar-refractivity contribution in [1.82, 2.24) is 0 Å². The van der Waals surface area contributed by atoms with Gasteiger partial charge in [0.15, 0.2) is 0 Å². The first-order chi connectivity index (χ1) is 6.85. The van der Waals surface area contributed by atoms with E-state index in [0.29, 0.717) is 13.0 Å². The molecule has 0 aliphatic carbocycles. The van der Waals surface area contributed by atoms with Crippen LogP contribution in [0.2, 0.25) is 0 Å². The van der Waals surface area contributed by atoms with Crippen LogP contribution in [0.4, 0.5) is 0 Å². The zero-order chi connectivity index (χ0) is 11.9. The zero-order valence-electron chi connectivity index (χ0n) is 10.2. The van der Waals surface area contributed by atoms with Crippen molar-refractivity contribution in [1.29, 1.82) is 0 Å². The molecule has 0 aromatic heterocycles. The maximum Gasteiger partial charge on any atom is 0.308 e. The van der Waals surface area contributed by atoms with Gasteiger partial charge in [-0.2, -0.15) is 0 Å². The molecule has 3 nitrogen and oxygen atoms in total. The van der Waals surface area contributed by atoms with Gasteiger partial charge in [-0.15, -0.1) is 0 Å². The molecule has 0 saturated heterocycles. The minimum atomic E-state index is -0.240. The second-order valence-electron chi connectivity index (χ2n) is 4.86. The maximum absolute atomic E-state index is 11.2. The normalized spacial score (nSPS) is 13.3. The molecule has 0 aromatic rings. The van der Waals surface area contributed by atoms with Crippen LogP contribution in [-0.2, 0) is 14.3 Å². The summed E-state index contributed by atoms with van der Waals surface area (Å²) >= 11 is 0. The van der Waals surface area contributed by atoms with Gasteiger partial charge in [0.2, 0.25) is 0 Å². The molecular weight excluding hydrogens is 192 g/mol. The quantitative estimate of drug-likeness (QED) is 0.503. The third kappa shape index (κ3) is 9.47. The van der Waals surface area contributed by atoms with E-state index < -0.39 is 0 Å². The van der Waals surface area contributed by atoms with Gasteiger partial charge in [0.25, 0.3) is 0 Å². The van der Waals surface area contributed by atoms with E-state index in [1.165, 1.54) is 0 Å². The molecule has 0 fully saturated rings. The van der Waals surface area contributed by atoms with Crippen molar-refractivity contribution in [3.8, 4) is 0 Å². The summed E-state index contributed by atoms with van der Waals surface area (Å²) in [6.07, 6.45) is 1.75. The lowest BCUT2D eigenvalue weighted by Crippen LogP contribution is -2.22. The number of carbonyl (C=O) groups excluding carboxylic acids is 1. The topological polar surface area (TPSA) is 35.5 Å². The fourth-order valence-corrected chi connectivity index (χ4v) is 0.897. The van der Waals surface area contributed by atoms with E-state index in [9.17, 15) is 4.79 Å². The standard InChI is InChI=1S/C12H22O3/c1-6-7-14-11(13)8-10(2)15-9-12(3,4)5/h6,10H,1,7-9H2,2-5H3. The molecule has 0 saturated carbocycles. The highest BCUT2D eigenvalue weighted by molar-refractivity contribution is 5.69. The Hall–Kier alpha value is -0.830. The fraction of sp³-hybridized carbons (Fsp3) is 0.750. The summed E-state index contributed by atoms with van der Waals surface area (Å²) in [5, 5.41) is 0. The van der Waals surface area contributed by atoms with Crippen LogP contribution in [0, 0.1) is 5.41 Å². The molecular formula is C12H22O3. The predicted molar refractivity (Wildman–Crippen MR) is 60.6 cm³/mol. The van der Waals surface area contributed by atoms with Crippen molar-refractivity contribution in [2.24, 2.45) is 5.41 Å². The average Bonchev–Trinajstić information content (AvgIpc) is 2.10. The Kier molecular flexibility index (Phi) is 6.25. The highest BCUT2D eigenvalue weighted by atomic mass is 16.5. The maximum atomic E-state index is 11.2. The molecule has 0 amide bonds. The summed E-state index contributed by atoms with van der Waals surface area (Å²) < 4.78 is 10.4. The molecule has 88 valence electrons. The van der Waals surface area contributed by atoms with Crippen LogP contribution in [0.25, 0.3) is 0 Å². The molecule has 0 spiro atoms. The molecule has 1 unspecified atom stereocenters. The molecule has 0 aromatic carbocycles. The Morgan fingerprint density at radius 2 is 2.07 bits per heavy atom. The first-order valence-electron chi connectivity index (χ1n) is 5.23. The summed E-state index contributed by atoms with van der Waals surface area (Å²) in [6.45, 7) is 12.5. The van der Waals surface area contributed by atoms with Crippen LogP contribution < -0.4 is 0 Å². The summed E-state index contributed by atoms with van der Waals surface area (Å²) in [4.78, 5) is 11.2. The number of ether oxygens (including phenoxy) is 2. The van der Waals surface area contributed by atoms with Crippen molar-refractivity contribution < 1.29 is 14.3 Å². The van der Waals surface area contributed by atoms with E-state index in [1.807, 2.05) is 6.92 Å². The lowest BCUT2D eigenvalue weighted by Gasteiger charge is -2.21. The summed E-state index contributed by atoms with van der Waals surface area (Å²) in [7, 11) is 0. The van der Waals surface area contributed by atoms with Gasteiger partial charge in [-0.1, -0.05) is 33.4 Å². The highest BCUT2D eigenvalue weighted by Gasteiger charge is 2.15. The molecule has 15 heavy (non-hydrogen) atoms. The molecule has 0 aliphatic rings. The average molecular weight is 214 g/mol. The van der Waals surface area contributed by atoms with Crippen molar-refractivity contribution in [3.63, 3.8) is 0 Å². The molecule has 0 heterocycles. The number of esters is 1. The fourth-order valence-electron chi connectivity index (χ4n) is 0.897. The molecule has 3 heteroatoms. The lowest BCUT2D eigenvalue weighted by atomic mass is 9.98. The molecule has 0 N–H and O–H groups in total. The summed E-state index contributed by atoms with van der Waals surface area (Å²) in [6, 6.07) is 0. The van der Waals surface area contributed by atoms with Gasteiger partial charge in [-0.3, -0.25) is 4.79 Å². The third-order valence-corrected chi connectivity index (χ3v) is 1.62. The van der Waals surface area contributed by atoms with E-state index in [4.69, 9.17) is 9.47 Å². The number of hydrogen-bond donors (Lipinski definition) is 0. The van der Waals surface area contributed by atoms with Crippen LogP contribution in [0.5, 0.6) is 0 Å². The minimum Gasteiger partial charge on any atom is -0.461 e. The SMILES string of the molecule is C=CCOC(=O)CC(C)OCC(C)(C)C. The van der Waals surface area contributed by atoms with Crippen molar-refractivity contribution in [3.05, 3.63) is 12.7 Å². The monoisotopic (exact) mass is 214 g/mol. The van der Waals surface area contributed by atoms with E-state index >= 15 is 0 Å². The smallest absolute Gasteiger partial charge is 0.308 e. The van der Waals surface area contributed by atoms with Gasteiger partial charge in [-0.05, 0) is 12.3 Å². The van der Waals surface area contributed by atoms with Crippen molar-refractivity contribution in [2.75, 3.05) is 13.2 Å². The Balaban J connectivity index is 3.68. The van der Waals surface area contributed by atoms with E-state index in [-0.39, 0.29) is 24.1 Å². The number of carbonyl (C=O) groups is 1. The van der Waals surface area contributed by atoms with Gasteiger partial charge < -0.3 is 9.47 Å². The molecule has 0 radical (unpaired) electrons. The Labute approximate surface area is 92.5 Å². The number of hydrogen-bond acceptors (Lipinski definition) is 3. The molecule has 1 atom stereocenters. The van der Waals surface area contributed by atoms with E-state index in [0.717, 1.165) is 0 Å². The van der Waals surface area contributed by atoms with Gasteiger partial charge >= 0.3 is 5.97 Å². The zero-order valence-corrected chi connectivity index (χ0v) is 10.2. The first-order valence-corrected chi connectivity index (χ1v) is 5.23. The second kappa shape index (κ2) is 6.62. The Morgan fingerprint density at radius 3 is 2.53 bits per heavy atom. The number of rotatable bonds is 6. The van der Waals surface area contributed by atoms with Crippen LogP contribution in [0.3, 0.4) is 0 Å². The predicted octanol–water partition coefficient (Wildman–Crippen LogP) is 2.56.